The molecule has 0 spiro atoms. The smallest absolute Gasteiger partial charge is 0.265 e. The quantitative estimate of drug-likeness (QED) is 0.345. The molecule has 0 radical (unpaired) electrons. The summed E-state index contributed by atoms with van der Waals surface area (Å²) in [6.07, 6.45) is 1.58. The molecular weight excluding hydrogens is 430 g/mol. The summed E-state index contributed by atoms with van der Waals surface area (Å²) in [5, 5.41) is 13.5. The van der Waals surface area contributed by atoms with Crippen LogP contribution >= 0.6 is 22.9 Å². The molecule has 0 atom stereocenters. The summed E-state index contributed by atoms with van der Waals surface area (Å²) in [5.74, 6) is -0.213. The van der Waals surface area contributed by atoms with Gasteiger partial charge in [-0.3, -0.25) is 9.79 Å². The van der Waals surface area contributed by atoms with E-state index in [-0.39, 0.29) is 11.4 Å². The number of benzene rings is 3. The molecule has 0 bridgehead atoms. The minimum absolute atomic E-state index is 0.213. The Morgan fingerprint density at radius 2 is 1.81 bits per heavy atom. The van der Waals surface area contributed by atoms with Crippen LogP contribution in [0.3, 0.4) is 0 Å². The molecule has 0 saturated carbocycles. The number of hydrogen-bond acceptors (Lipinski definition) is 5. The van der Waals surface area contributed by atoms with Gasteiger partial charge in [0, 0.05) is 17.0 Å². The average molecular weight is 446 g/mol. The molecule has 0 aliphatic carbocycles. The number of aromatic hydroxyl groups is 1. The molecular formula is C24H16ClN3O2S. The molecule has 5 aromatic rings. The van der Waals surface area contributed by atoms with Gasteiger partial charge in [0.05, 0.1) is 37.2 Å². The highest BCUT2D eigenvalue weighted by Gasteiger charge is 2.17. The number of pyridine rings is 1. The van der Waals surface area contributed by atoms with Gasteiger partial charge >= 0.3 is 0 Å². The zero-order valence-corrected chi connectivity index (χ0v) is 18.0. The van der Waals surface area contributed by atoms with E-state index in [4.69, 9.17) is 11.6 Å². The first-order valence-corrected chi connectivity index (χ1v) is 10.8. The maximum atomic E-state index is 13.2. The highest BCUT2D eigenvalue weighted by Crippen LogP contribution is 2.30. The number of fused-ring (bicyclic) bond motifs is 2. The molecule has 7 heteroatoms. The van der Waals surface area contributed by atoms with Crippen molar-refractivity contribution in [1.29, 1.82) is 0 Å². The van der Waals surface area contributed by atoms with E-state index in [1.54, 1.807) is 60.0 Å². The van der Waals surface area contributed by atoms with Crippen LogP contribution in [0.1, 0.15) is 10.6 Å². The minimum atomic E-state index is -0.347. The summed E-state index contributed by atoms with van der Waals surface area (Å²) in [4.78, 5) is 22.2. The normalized spacial score (nSPS) is 11.7. The van der Waals surface area contributed by atoms with Crippen molar-refractivity contribution in [1.82, 2.24) is 9.55 Å². The Morgan fingerprint density at radius 3 is 2.61 bits per heavy atom. The second kappa shape index (κ2) is 7.65. The lowest BCUT2D eigenvalue weighted by molar-refractivity contribution is 0.436. The van der Waals surface area contributed by atoms with Crippen molar-refractivity contribution in [2.45, 2.75) is 6.92 Å². The summed E-state index contributed by atoms with van der Waals surface area (Å²) in [7, 11) is 0. The van der Waals surface area contributed by atoms with Crippen LogP contribution in [-0.4, -0.2) is 20.9 Å². The number of rotatable bonds is 3. The van der Waals surface area contributed by atoms with Gasteiger partial charge < -0.3 is 5.11 Å². The van der Waals surface area contributed by atoms with Crippen LogP contribution in [0.4, 0.5) is 5.69 Å². The van der Waals surface area contributed by atoms with Crippen molar-refractivity contribution in [3.63, 3.8) is 0 Å². The lowest BCUT2D eigenvalue weighted by Gasteiger charge is -2.14. The second-order valence-corrected chi connectivity index (χ2v) is 8.66. The minimum Gasteiger partial charge on any atom is -0.494 e. The van der Waals surface area contributed by atoms with E-state index in [2.05, 4.69) is 9.98 Å². The molecule has 2 heterocycles. The van der Waals surface area contributed by atoms with Crippen molar-refractivity contribution in [3.8, 4) is 11.6 Å². The SMILES string of the molecule is Cc1nc2ccc(N=Cc3c(O)n(-c4ccccc4Cl)c(=O)c4ccccc34)cc2s1. The fraction of sp³-hybridized carbons (Fsp3) is 0.0417. The largest absolute Gasteiger partial charge is 0.494 e. The summed E-state index contributed by atoms with van der Waals surface area (Å²) >= 11 is 7.93. The monoisotopic (exact) mass is 445 g/mol. The predicted octanol–water partition coefficient (Wildman–Crippen LogP) is 6.02. The van der Waals surface area contributed by atoms with Crippen LogP contribution in [0.5, 0.6) is 5.88 Å². The molecule has 3 aromatic carbocycles. The molecule has 1 N–H and O–H groups in total. The van der Waals surface area contributed by atoms with Gasteiger partial charge in [0.2, 0.25) is 5.88 Å². The van der Waals surface area contributed by atoms with Crippen LogP contribution in [0.15, 0.2) is 76.5 Å². The van der Waals surface area contributed by atoms with E-state index in [1.807, 2.05) is 31.2 Å². The second-order valence-electron chi connectivity index (χ2n) is 7.02. The molecule has 0 fully saturated rings. The standard InChI is InChI=1S/C24H16ClN3O2S/c1-14-27-20-11-10-15(12-22(20)31-14)26-13-18-16-6-2-3-7-17(16)23(29)28(24(18)30)21-9-5-4-8-19(21)25/h2-13,30H,1H3. The van der Waals surface area contributed by atoms with Gasteiger partial charge in [-0.15, -0.1) is 11.3 Å². The van der Waals surface area contributed by atoms with E-state index < -0.39 is 0 Å². The van der Waals surface area contributed by atoms with Gasteiger partial charge in [0.25, 0.3) is 5.56 Å². The van der Waals surface area contributed by atoms with Crippen molar-refractivity contribution in [2.24, 2.45) is 4.99 Å². The summed E-state index contributed by atoms with van der Waals surface area (Å²) < 4.78 is 2.27. The Labute approximate surface area is 186 Å². The molecule has 0 unspecified atom stereocenters. The lowest BCUT2D eigenvalue weighted by Crippen LogP contribution is -2.20. The van der Waals surface area contributed by atoms with E-state index in [1.165, 1.54) is 4.57 Å². The molecule has 0 saturated heterocycles. The number of aryl methyl sites for hydroxylation is 1. The Kier molecular flexibility index (Phi) is 4.81. The predicted molar refractivity (Wildman–Crippen MR) is 128 cm³/mol. The number of aromatic nitrogens is 2. The highest BCUT2D eigenvalue weighted by molar-refractivity contribution is 7.18. The summed E-state index contributed by atoms with van der Waals surface area (Å²) in [6.45, 7) is 1.97. The lowest BCUT2D eigenvalue weighted by atomic mass is 10.1. The Balaban J connectivity index is 1.73. The van der Waals surface area contributed by atoms with Crippen molar-refractivity contribution < 1.29 is 5.11 Å². The van der Waals surface area contributed by atoms with E-state index in [0.717, 1.165) is 20.9 Å². The molecule has 152 valence electrons. The van der Waals surface area contributed by atoms with E-state index in [9.17, 15) is 9.90 Å². The first kappa shape index (κ1) is 19.5. The van der Waals surface area contributed by atoms with Crippen LogP contribution in [-0.2, 0) is 0 Å². The average Bonchev–Trinajstić information content (AvgIpc) is 3.14. The number of nitrogens with zero attached hydrogens (tertiary/aromatic N) is 3. The third kappa shape index (κ3) is 3.40. The van der Waals surface area contributed by atoms with Crippen molar-refractivity contribution >= 4 is 55.8 Å². The van der Waals surface area contributed by atoms with Crippen LogP contribution < -0.4 is 5.56 Å². The summed E-state index contributed by atoms with van der Waals surface area (Å²) in [6, 6.07) is 19.8. The number of hydrogen-bond donors (Lipinski definition) is 1. The topological polar surface area (TPSA) is 67.5 Å². The highest BCUT2D eigenvalue weighted by atomic mass is 35.5. The van der Waals surface area contributed by atoms with Crippen LogP contribution in [0.2, 0.25) is 5.02 Å². The fourth-order valence-electron chi connectivity index (χ4n) is 3.59. The summed E-state index contributed by atoms with van der Waals surface area (Å²) in [5.41, 5.74) is 2.17. The van der Waals surface area contributed by atoms with E-state index in [0.29, 0.717) is 27.0 Å². The van der Waals surface area contributed by atoms with Gasteiger partial charge in [0.1, 0.15) is 0 Å². The fourth-order valence-corrected chi connectivity index (χ4v) is 4.67. The molecule has 2 aromatic heterocycles. The van der Waals surface area contributed by atoms with E-state index >= 15 is 0 Å². The Bertz CT molecular complexity index is 1550. The molecule has 31 heavy (non-hydrogen) atoms. The zero-order chi connectivity index (χ0) is 21.5. The maximum absolute atomic E-state index is 13.2. The number of halogens is 1. The van der Waals surface area contributed by atoms with Gasteiger partial charge in [-0.1, -0.05) is 41.9 Å². The van der Waals surface area contributed by atoms with Crippen molar-refractivity contribution in [2.75, 3.05) is 0 Å². The van der Waals surface area contributed by atoms with Gasteiger partial charge in [0.15, 0.2) is 0 Å². The molecule has 5 nitrogen and oxygen atoms in total. The molecule has 0 amide bonds. The number of aliphatic imine (C=N–C) groups is 1. The first-order chi connectivity index (χ1) is 15.0. The van der Waals surface area contributed by atoms with Gasteiger partial charge in [-0.25, -0.2) is 9.55 Å². The number of thiazole rings is 1. The third-order valence-electron chi connectivity index (χ3n) is 5.02. The third-order valence-corrected chi connectivity index (χ3v) is 6.27. The Hall–Kier alpha value is -3.48. The molecule has 0 aliphatic rings. The Morgan fingerprint density at radius 1 is 1.06 bits per heavy atom. The first-order valence-electron chi connectivity index (χ1n) is 9.56. The molecule has 5 rings (SSSR count). The number of para-hydroxylation sites is 1. The van der Waals surface area contributed by atoms with Crippen LogP contribution in [0.25, 0.3) is 26.7 Å². The zero-order valence-electron chi connectivity index (χ0n) is 16.4. The van der Waals surface area contributed by atoms with Gasteiger partial charge in [-0.2, -0.15) is 0 Å². The van der Waals surface area contributed by atoms with Crippen molar-refractivity contribution in [3.05, 3.63) is 92.7 Å². The maximum Gasteiger partial charge on any atom is 0.265 e. The van der Waals surface area contributed by atoms with Gasteiger partial charge in [-0.05, 0) is 43.3 Å². The molecule has 0 aliphatic heterocycles. The van der Waals surface area contributed by atoms with Crippen LogP contribution in [0, 0.1) is 6.92 Å².